The molecule has 7 nitrogen and oxygen atoms in total. The first kappa shape index (κ1) is 19.8. The van der Waals surface area contributed by atoms with Crippen molar-refractivity contribution < 1.29 is 15.7 Å². The van der Waals surface area contributed by atoms with E-state index >= 15 is 0 Å². The maximum absolute atomic E-state index is 13.1. The van der Waals surface area contributed by atoms with Crippen molar-refractivity contribution in [3.05, 3.63) is 29.8 Å². The van der Waals surface area contributed by atoms with Crippen LogP contribution in [-0.2, 0) is 4.79 Å². The summed E-state index contributed by atoms with van der Waals surface area (Å²) in [5, 5.41) is 0. The predicted molar refractivity (Wildman–Crippen MR) is 116 cm³/mol. The number of nitrogens with zero attached hydrogens (tertiary/aromatic N) is 4. The van der Waals surface area contributed by atoms with E-state index in [9.17, 15) is 9.59 Å². The molecular formula is C23H34N4O3. The Kier molecular flexibility index (Phi) is 6.18. The summed E-state index contributed by atoms with van der Waals surface area (Å²) in [6.45, 7) is 5.66. The second kappa shape index (κ2) is 9.35. The Hall–Kier alpha value is -2.12. The zero-order chi connectivity index (χ0) is 22.0. The van der Waals surface area contributed by atoms with Crippen LogP contribution in [0.25, 0.3) is 0 Å². The summed E-state index contributed by atoms with van der Waals surface area (Å²) in [5.74, 6) is 0.342. The van der Waals surface area contributed by atoms with Crippen molar-refractivity contribution in [1.29, 1.82) is 0 Å². The van der Waals surface area contributed by atoms with Gasteiger partial charge >= 0.3 is 0 Å². The van der Waals surface area contributed by atoms with Crippen molar-refractivity contribution >= 4 is 11.8 Å². The summed E-state index contributed by atoms with van der Waals surface area (Å²) in [6.07, 6.45) is 4.25. The molecule has 2 amide bonds. The minimum atomic E-state index is -0.228. The molecule has 1 aromatic rings. The van der Waals surface area contributed by atoms with Crippen LogP contribution in [0.5, 0.6) is 5.75 Å². The third-order valence-electron chi connectivity index (χ3n) is 6.68. The summed E-state index contributed by atoms with van der Waals surface area (Å²) in [4.78, 5) is 34.7. The molecule has 1 saturated carbocycles. The number of hydrogen-bond acceptors (Lipinski definition) is 5. The second-order valence-corrected chi connectivity index (χ2v) is 8.76. The molecule has 164 valence electrons. The van der Waals surface area contributed by atoms with Gasteiger partial charge in [0.15, 0.2) is 0 Å². The van der Waals surface area contributed by atoms with E-state index < -0.39 is 0 Å². The number of carbonyl (C=O) groups excluding carboxylic acids is 2. The number of methoxy groups -OCH3 is 1. The predicted octanol–water partition coefficient (Wildman–Crippen LogP) is 1.54. The number of carbonyl (C=O) groups is 2. The molecular weight excluding hydrogens is 380 g/mol. The molecule has 0 bridgehead atoms. The number of hydrogen-bond donors (Lipinski definition) is 0. The highest BCUT2D eigenvalue weighted by Gasteiger charge is 2.36. The van der Waals surface area contributed by atoms with E-state index in [-0.39, 0.29) is 30.4 Å². The Labute approximate surface area is 180 Å². The van der Waals surface area contributed by atoms with Crippen LogP contribution in [0, 0.1) is 0 Å². The van der Waals surface area contributed by atoms with Crippen molar-refractivity contribution in [2.75, 3.05) is 60.0 Å². The fourth-order valence-corrected chi connectivity index (χ4v) is 4.52. The van der Waals surface area contributed by atoms with Crippen LogP contribution in [0.3, 0.4) is 0 Å². The van der Waals surface area contributed by atoms with Crippen LogP contribution < -0.4 is 4.74 Å². The topological polar surface area (TPSA) is 56.3 Å². The van der Waals surface area contributed by atoms with Crippen LogP contribution in [-0.4, -0.2) is 103 Å². The molecule has 2 heterocycles. The standard InChI is InChI=1S/C23H34N4O3/c1-24-11-9-19(10-12-24)25-13-15-26(16-14-25)22(28)17-27(20-5-6-20)23(29)18-3-7-21(30-2)8-4-18/h3-4,7-8,19-20H,5-6,9-17H2,1-2H3/i3D. The highest BCUT2D eigenvalue weighted by Crippen LogP contribution is 2.29. The number of amides is 2. The average molecular weight is 416 g/mol. The van der Waals surface area contributed by atoms with Crippen LogP contribution in [0.15, 0.2) is 24.2 Å². The van der Waals surface area contributed by atoms with Crippen LogP contribution in [0.2, 0.25) is 0 Å². The summed E-state index contributed by atoms with van der Waals surface area (Å²) in [6, 6.07) is 5.74. The van der Waals surface area contributed by atoms with Gasteiger partial charge in [-0.05, 0) is 70.1 Å². The Morgan fingerprint density at radius 2 is 1.77 bits per heavy atom. The van der Waals surface area contributed by atoms with Gasteiger partial charge in [0.1, 0.15) is 12.3 Å². The first-order valence-electron chi connectivity index (χ1n) is 11.6. The molecule has 3 aliphatic rings. The lowest BCUT2D eigenvalue weighted by atomic mass is 10.0. The van der Waals surface area contributed by atoms with E-state index in [0.717, 1.165) is 52.1 Å². The number of rotatable bonds is 6. The Bertz CT molecular complexity index is 800. The fraction of sp³-hybridized carbons (Fsp3) is 0.652. The second-order valence-electron chi connectivity index (χ2n) is 8.76. The highest BCUT2D eigenvalue weighted by molar-refractivity contribution is 5.97. The molecule has 2 saturated heterocycles. The number of piperidine rings is 1. The van der Waals surface area contributed by atoms with Gasteiger partial charge in [-0.15, -0.1) is 0 Å². The molecule has 30 heavy (non-hydrogen) atoms. The van der Waals surface area contributed by atoms with E-state index in [1.165, 1.54) is 20.0 Å². The Balaban J connectivity index is 1.34. The van der Waals surface area contributed by atoms with Gasteiger partial charge in [0, 0.05) is 43.8 Å². The molecule has 0 radical (unpaired) electrons. The molecule has 1 aliphatic carbocycles. The van der Waals surface area contributed by atoms with Gasteiger partial charge in [0.25, 0.3) is 5.91 Å². The van der Waals surface area contributed by atoms with Crippen LogP contribution in [0.4, 0.5) is 0 Å². The summed E-state index contributed by atoms with van der Waals surface area (Å²) < 4.78 is 13.3. The monoisotopic (exact) mass is 415 g/mol. The van der Waals surface area contributed by atoms with Crippen molar-refractivity contribution in [1.82, 2.24) is 19.6 Å². The van der Waals surface area contributed by atoms with Gasteiger partial charge < -0.3 is 19.4 Å². The van der Waals surface area contributed by atoms with Crippen molar-refractivity contribution in [2.24, 2.45) is 0 Å². The lowest BCUT2D eigenvalue weighted by molar-refractivity contribution is -0.134. The largest absolute Gasteiger partial charge is 0.497 e. The molecule has 0 unspecified atom stereocenters. The highest BCUT2D eigenvalue weighted by atomic mass is 16.5. The van der Waals surface area contributed by atoms with E-state index in [2.05, 4.69) is 16.8 Å². The molecule has 2 aliphatic heterocycles. The van der Waals surface area contributed by atoms with E-state index in [4.69, 9.17) is 6.11 Å². The van der Waals surface area contributed by atoms with E-state index in [1.807, 2.05) is 4.90 Å². The molecule has 0 N–H and O–H groups in total. The van der Waals surface area contributed by atoms with Gasteiger partial charge in [-0.2, -0.15) is 0 Å². The van der Waals surface area contributed by atoms with E-state index in [1.54, 1.807) is 23.1 Å². The van der Waals surface area contributed by atoms with Gasteiger partial charge in [-0.3, -0.25) is 14.5 Å². The van der Waals surface area contributed by atoms with E-state index in [0.29, 0.717) is 17.4 Å². The quantitative estimate of drug-likeness (QED) is 0.706. The molecule has 4 rings (SSSR count). The van der Waals surface area contributed by atoms with Gasteiger partial charge in [0.2, 0.25) is 5.91 Å². The Morgan fingerprint density at radius 1 is 1.07 bits per heavy atom. The number of likely N-dealkylation sites (tertiary alicyclic amines) is 1. The third kappa shape index (κ3) is 4.95. The van der Waals surface area contributed by atoms with Crippen LogP contribution in [0.1, 0.15) is 37.4 Å². The SMILES string of the molecule is [2H]c1cc(OC)ccc1C(=O)N(CC(=O)N1CCN(C2CCN(C)CC2)CC1)C1CC1. The van der Waals surface area contributed by atoms with Gasteiger partial charge in [-0.1, -0.05) is 0 Å². The summed E-state index contributed by atoms with van der Waals surface area (Å²) >= 11 is 0. The van der Waals surface area contributed by atoms with Gasteiger partial charge in [0.05, 0.1) is 8.48 Å². The lowest BCUT2D eigenvalue weighted by Crippen LogP contribution is -2.55. The van der Waals surface area contributed by atoms with Crippen molar-refractivity contribution in [3.8, 4) is 5.75 Å². The minimum Gasteiger partial charge on any atom is -0.497 e. The molecule has 7 heteroatoms. The maximum atomic E-state index is 13.1. The molecule has 3 fully saturated rings. The third-order valence-corrected chi connectivity index (χ3v) is 6.68. The average Bonchev–Trinajstić information content (AvgIpc) is 3.62. The first-order chi connectivity index (χ1) is 15.0. The summed E-state index contributed by atoms with van der Waals surface area (Å²) in [5.41, 5.74) is 0.326. The van der Waals surface area contributed by atoms with Crippen molar-refractivity contribution in [3.63, 3.8) is 0 Å². The number of ether oxygens (including phenoxy) is 1. The normalized spacial score (nSPS) is 21.9. The molecule has 0 atom stereocenters. The minimum absolute atomic E-state index is 0.0170. The molecule has 0 spiro atoms. The fourth-order valence-electron chi connectivity index (χ4n) is 4.52. The van der Waals surface area contributed by atoms with Crippen molar-refractivity contribution in [2.45, 2.75) is 37.8 Å². The lowest BCUT2D eigenvalue weighted by Gasteiger charge is -2.42. The maximum Gasteiger partial charge on any atom is 0.254 e. The van der Waals surface area contributed by atoms with Crippen LogP contribution >= 0.6 is 0 Å². The zero-order valence-corrected chi connectivity index (χ0v) is 18.2. The summed E-state index contributed by atoms with van der Waals surface area (Å²) in [7, 11) is 3.72. The smallest absolute Gasteiger partial charge is 0.254 e. The van der Waals surface area contributed by atoms with Gasteiger partial charge in [-0.25, -0.2) is 0 Å². The Morgan fingerprint density at radius 3 is 2.37 bits per heavy atom. The zero-order valence-electron chi connectivity index (χ0n) is 19.2. The molecule has 1 aromatic carbocycles. The number of piperazine rings is 1. The first-order valence-corrected chi connectivity index (χ1v) is 11.1. The molecule has 0 aromatic heterocycles. The number of benzene rings is 1.